The van der Waals surface area contributed by atoms with Crippen molar-refractivity contribution < 1.29 is 0 Å². The van der Waals surface area contributed by atoms with Gasteiger partial charge in [0, 0.05) is 16.5 Å². The van der Waals surface area contributed by atoms with Gasteiger partial charge in [-0.1, -0.05) is 212 Å². The minimum atomic E-state index is -0.556. The van der Waals surface area contributed by atoms with Crippen LogP contribution in [0.4, 0.5) is 0 Å². The maximum absolute atomic E-state index is 5.41. The zero-order chi connectivity index (χ0) is 42.0. The van der Waals surface area contributed by atoms with Crippen LogP contribution in [0.15, 0.2) is 231 Å². The van der Waals surface area contributed by atoms with Crippen molar-refractivity contribution in [3.8, 4) is 56.0 Å². The molecular weight excluding hydrogens is 773 g/mol. The summed E-state index contributed by atoms with van der Waals surface area (Å²) in [7, 11) is 0. The van der Waals surface area contributed by atoms with Crippen molar-refractivity contribution in [2.75, 3.05) is 0 Å². The van der Waals surface area contributed by atoms with Gasteiger partial charge >= 0.3 is 0 Å². The topological polar surface area (TPSA) is 25.8 Å². The first-order valence-electron chi connectivity index (χ1n) is 22.2. The van der Waals surface area contributed by atoms with E-state index >= 15 is 0 Å². The van der Waals surface area contributed by atoms with Crippen LogP contribution in [-0.2, 0) is 10.8 Å². The quantitative estimate of drug-likeness (QED) is 0.178. The summed E-state index contributed by atoms with van der Waals surface area (Å²) < 4.78 is 0. The van der Waals surface area contributed by atoms with Crippen molar-refractivity contribution in [1.29, 1.82) is 0 Å². The van der Waals surface area contributed by atoms with Crippen molar-refractivity contribution in [2.24, 2.45) is 0 Å². The molecule has 0 fully saturated rings. The summed E-state index contributed by atoms with van der Waals surface area (Å²) in [5.74, 6) is 0.712. The average Bonchev–Trinajstić information content (AvgIpc) is 3.83. The molecule has 0 atom stereocenters. The van der Waals surface area contributed by atoms with Crippen LogP contribution in [-0.4, -0.2) is 9.97 Å². The summed E-state index contributed by atoms with van der Waals surface area (Å²) >= 11 is 0. The van der Waals surface area contributed by atoms with E-state index in [1.165, 1.54) is 77.5 Å². The number of para-hydroxylation sites is 1. The highest BCUT2D eigenvalue weighted by atomic mass is 14.9. The van der Waals surface area contributed by atoms with Crippen LogP contribution in [0, 0.1) is 0 Å². The number of hydrogen-bond acceptors (Lipinski definition) is 2. The summed E-state index contributed by atoms with van der Waals surface area (Å²) in [6.07, 6.45) is 0. The minimum absolute atomic E-state index is 0.520. The number of nitrogens with zero attached hydrogens (tertiary/aromatic N) is 2. The molecule has 296 valence electrons. The van der Waals surface area contributed by atoms with Crippen molar-refractivity contribution in [1.82, 2.24) is 9.97 Å². The van der Waals surface area contributed by atoms with Crippen LogP contribution < -0.4 is 0 Å². The standard InChI is InChI=1S/C62H38N2/c1-2-21-43-39(17-1)18-16-27-48(43)59-49-26-7-14-34-58(49)63-60(64-59)42-20-15-19-40(37-42)41-35-36-56-57(38-41)62(52-30-10-5-24-46(52)47-25-6-11-31-53(47)62)55-33-13-12-32-54(55)61(56)50-28-8-3-22-44(50)45-23-4-9-29-51(45)61/h1-38H. The monoisotopic (exact) mass is 810 g/mol. The third kappa shape index (κ3) is 4.54. The third-order valence-corrected chi connectivity index (χ3v) is 14.6. The molecule has 1 aromatic heterocycles. The summed E-state index contributed by atoms with van der Waals surface area (Å²) in [5, 5.41) is 3.41. The molecule has 3 aliphatic rings. The SMILES string of the molecule is c1cc(-c2ccc3c(c2)C2(c4ccccc4-c4ccccc42)c2ccccc2C32c3ccccc3-c3ccccc32)cc(-c2nc(-c3cccc4ccccc34)c3ccccc3n2)c1. The van der Waals surface area contributed by atoms with Gasteiger partial charge in [0.1, 0.15) is 0 Å². The molecule has 0 radical (unpaired) electrons. The van der Waals surface area contributed by atoms with Crippen LogP contribution in [0.5, 0.6) is 0 Å². The summed E-state index contributed by atoms with van der Waals surface area (Å²) in [6, 6.07) is 85.4. The number of hydrogen-bond donors (Lipinski definition) is 0. The number of benzene rings is 10. The summed E-state index contributed by atoms with van der Waals surface area (Å²) in [5.41, 5.74) is 21.0. The van der Waals surface area contributed by atoms with Crippen LogP contribution in [0.3, 0.4) is 0 Å². The van der Waals surface area contributed by atoms with Gasteiger partial charge in [-0.2, -0.15) is 0 Å². The molecule has 10 aromatic carbocycles. The minimum Gasteiger partial charge on any atom is -0.228 e. The zero-order valence-corrected chi connectivity index (χ0v) is 34.8. The Morgan fingerprint density at radius 2 is 0.703 bits per heavy atom. The molecule has 11 aromatic rings. The molecule has 0 amide bonds. The Morgan fingerprint density at radius 1 is 0.266 bits per heavy atom. The van der Waals surface area contributed by atoms with Crippen LogP contribution >= 0.6 is 0 Å². The largest absolute Gasteiger partial charge is 0.228 e. The van der Waals surface area contributed by atoms with Crippen LogP contribution in [0.25, 0.3) is 77.7 Å². The van der Waals surface area contributed by atoms with Gasteiger partial charge in [0.15, 0.2) is 5.82 Å². The fourth-order valence-corrected chi connectivity index (χ4v) is 12.1. The average molecular weight is 811 g/mol. The fourth-order valence-electron chi connectivity index (χ4n) is 12.1. The molecule has 0 N–H and O–H groups in total. The second-order valence-electron chi connectivity index (χ2n) is 17.5. The molecule has 2 nitrogen and oxygen atoms in total. The Labute approximate surface area is 371 Å². The molecule has 0 saturated heterocycles. The van der Waals surface area contributed by atoms with Gasteiger partial charge in [-0.25, -0.2) is 9.97 Å². The molecule has 64 heavy (non-hydrogen) atoms. The molecule has 0 bridgehead atoms. The highest BCUT2D eigenvalue weighted by molar-refractivity contribution is 6.04. The lowest BCUT2D eigenvalue weighted by Gasteiger charge is -2.49. The van der Waals surface area contributed by atoms with Crippen molar-refractivity contribution >= 4 is 21.7 Å². The maximum Gasteiger partial charge on any atom is 0.160 e. The third-order valence-electron chi connectivity index (χ3n) is 14.6. The molecule has 0 unspecified atom stereocenters. The van der Waals surface area contributed by atoms with Crippen molar-refractivity contribution in [3.05, 3.63) is 275 Å². The predicted octanol–water partition coefficient (Wildman–Crippen LogP) is 14.8. The molecule has 14 rings (SSSR count). The van der Waals surface area contributed by atoms with E-state index in [4.69, 9.17) is 9.97 Å². The maximum atomic E-state index is 5.41. The second kappa shape index (κ2) is 13.2. The predicted molar refractivity (Wildman–Crippen MR) is 262 cm³/mol. The lowest BCUT2D eigenvalue weighted by molar-refractivity contribution is 0.633. The Kier molecular flexibility index (Phi) is 7.28. The van der Waals surface area contributed by atoms with E-state index in [9.17, 15) is 0 Å². The molecule has 0 saturated carbocycles. The second-order valence-corrected chi connectivity index (χ2v) is 17.5. The lowest BCUT2D eigenvalue weighted by Crippen LogP contribution is -2.43. The van der Waals surface area contributed by atoms with E-state index in [0.717, 1.165) is 38.9 Å². The number of fused-ring (bicyclic) bond motifs is 18. The van der Waals surface area contributed by atoms with E-state index in [-0.39, 0.29) is 0 Å². The Hall–Kier alpha value is -8.20. The van der Waals surface area contributed by atoms with Crippen molar-refractivity contribution in [2.45, 2.75) is 10.8 Å². The van der Waals surface area contributed by atoms with E-state index in [0.29, 0.717) is 5.82 Å². The normalized spacial score (nSPS) is 14.2. The molecule has 1 heterocycles. The first kappa shape index (κ1) is 35.4. The summed E-state index contributed by atoms with van der Waals surface area (Å²) in [6.45, 7) is 0. The van der Waals surface area contributed by atoms with Gasteiger partial charge < -0.3 is 0 Å². The first-order valence-corrected chi connectivity index (χ1v) is 22.2. The van der Waals surface area contributed by atoms with E-state index in [1.54, 1.807) is 0 Å². The highest BCUT2D eigenvalue weighted by Gasteiger charge is 2.58. The van der Waals surface area contributed by atoms with Gasteiger partial charge in [-0.05, 0) is 107 Å². The van der Waals surface area contributed by atoms with Gasteiger partial charge in [-0.15, -0.1) is 0 Å². The molecular formula is C62H38N2. The van der Waals surface area contributed by atoms with Crippen LogP contribution in [0.2, 0.25) is 0 Å². The lowest BCUT2D eigenvalue weighted by atomic mass is 9.52. The van der Waals surface area contributed by atoms with Crippen molar-refractivity contribution in [3.63, 3.8) is 0 Å². The molecule has 0 aliphatic heterocycles. The van der Waals surface area contributed by atoms with Gasteiger partial charge in [-0.3, -0.25) is 0 Å². The molecule has 3 aliphatic carbocycles. The van der Waals surface area contributed by atoms with E-state index in [1.807, 2.05) is 0 Å². The molecule has 2 heteroatoms. The first-order chi connectivity index (χ1) is 31.7. The van der Waals surface area contributed by atoms with Gasteiger partial charge in [0.25, 0.3) is 0 Å². The van der Waals surface area contributed by atoms with E-state index in [2.05, 4.69) is 231 Å². The van der Waals surface area contributed by atoms with Crippen LogP contribution in [0.1, 0.15) is 44.5 Å². The van der Waals surface area contributed by atoms with Gasteiger partial charge in [0.2, 0.25) is 0 Å². The summed E-state index contributed by atoms with van der Waals surface area (Å²) in [4.78, 5) is 10.6. The zero-order valence-electron chi connectivity index (χ0n) is 34.8. The van der Waals surface area contributed by atoms with E-state index < -0.39 is 10.8 Å². The number of aromatic nitrogens is 2. The Balaban J connectivity index is 1.04. The Bertz CT molecular complexity index is 3670. The smallest absolute Gasteiger partial charge is 0.160 e. The van der Waals surface area contributed by atoms with Gasteiger partial charge in [0.05, 0.1) is 22.0 Å². The fraction of sp³-hybridized carbons (Fsp3) is 0.0323. The highest BCUT2D eigenvalue weighted by Crippen LogP contribution is 2.67. The number of rotatable bonds is 3. The molecule has 2 spiro atoms. The Morgan fingerprint density at radius 3 is 1.34 bits per heavy atom.